The van der Waals surface area contributed by atoms with Gasteiger partial charge in [0.25, 0.3) is 0 Å². The molecule has 0 atom stereocenters. The van der Waals surface area contributed by atoms with E-state index in [0.29, 0.717) is 5.69 Å². The molecule has 140 valence electrons. The fraction of sp³-hybridized carbons (Fsp3) is 0.118. The Bertz CT molecular complexity index is 923. The van der Waals surface area contributed by atoms with Crippen molar-refractivity contribution in [1.29, 1.82) is 0 Å². The number of alkyl halides is 3. The number of amides is 1. The zero-order valence-corrected chi connectivity index (χ0v) is 13.7. The van der Waals surface area contributed by atoms with Gasteiger partial charge >= 0.3 is 6.18 Å². The molecule has 0 bridgehead atoms. The van der Waals surface area contributed by atoms with Crippen molar-refractivity contribution in [3.05, 3.63) is 66.5 Å². The van der Waals surface area contributed by atoms with Gasteiger partial charge in [-0.2, -0.15) is 18.3 Å². The molecule has 0 aliphatic rings. The molecular weight excluding hydrogens is 366 g/mol. The molecule has 0 fully saturated rings. The third-order valence-electron chi connectivity index (χ3n) is 3.56. The maximum Gasteiger partial charge on any atom is 0.416 e. The Hall–Kier alpha value is -3.43. The van der Waals surface area contributed by atoms with Gasteiger partial charge in [0, 0.05) is 5.69 Å². The zero-order valence-electron chi connectivity index (χ0n) is 13.7. The largest absolute Gasteiger partial charge is 0.416 e. The maximum absolute atomic E-state index is 13.0. The van der Waals surface area contributed by atoms with Gasteiger partial charge in [0.1, 0.15) is 18.5 Å². The number of rotatable bonds is 5. The van der Waals surface area contributed by atoms with Crippen LogP contribution >= 0.6 is 0 Å². The molecule has 0 saturated heterocycles. The number of halogens is 4. The summed E-state index contributed by atoms with van der Waals surface area (Å²) in [5.41, 5.74) is -0.253. The first-order valence-corrected chi connectivity index (χ1v) is 7.68. The van der Waals surface area contributed by atoms with Crippen molar-refractivity contribution >= 4 is 17.3 Å². The predicted octanol–water partition coefficient (Wildman–Crippen LogP) is 3.48. The first kappa shape index (κ1) is 18.4. The summed E-state index contributed by atoms with van der Waals surface area (Å²) in [6, 6.07) is 8.23. The van der Waals surface area contributed by atoms with Crippen molar-refractivity contribution in [3.63, 3.8) is 0 Å². The smallest absolute Gasteiger partial charge is 0.376 e. The Morgan fingerprint density at radius 2 is 1.85 bits per heavy atom. The van der Waals surface area contributed by atoms with E-state index in [4.69, 9.17) is 0 Å². The molecule has 2 aromatic carbocycles. The third-order valence-corrected chi connectivity index (χ3v) is 3.56. The number of hydrogen-bond donors (Lipinski definition) is 2. The average Bonchev–Trinajstić information content (AvgIpc) is 3.15. The van der Waals surface area contributed by atoms with Crippen LogP contribution in [-0.4, -0.2) is 27.2 Å². The van der Waals surface area contributed by atoms with E-state index in [0.717, 1.165) is 12.1 Å². The van der Waals surface area contributed by atoms with E-state index in [1.807, 2.05) is 0 Å². The second-order valence-electron chi connectivity index (χ2n) is 5.48. The highest BCUT2D eigenvalue weighted by Crippen LogP contribution is 2.33. The molecule has 1 heterocycles. The number of anilines is 2. The number of nitrogens with zero attached hydrogens (tertiary/aromatic N) is 3. The second-order valence-corrected chi connectivity index (χ2v) is 5.48. The molecule has 6 nitrogen and oxygen atoms in total. The lowest BCUT2D eigenvalue weighted by atomic mass is 10.1. The summed E-state index contributed by atoms with van der Waals surface area (Å²) in [5, 5.41) is 9.05. The van der Waals surface area contributed by atoms with E-state index in [1.54, 1.807) is 0 Å². The minimum absolute atomic E-state index is 0.0683. The highest BCUT2D eigenvalue weighted by atomic mass is 19.4. The molecule has 1 amide bonds. The third kappa shape index (κ3) is 4.60. The highest BCUT2D eigenvalue weighted by Gasteiger charge is 2.31. The molecule has 0 aliphatic carbocycles. The fourth-order valence-corrected chi connectivity index (χ4v) is 2.29. The van der Waals surface area contributed by atoms with Gasteiger partial charge in [-0.1, -0.05) is 0 Å². The van der Waals surface area contributed by atoms with Crippen LogP contribution in [0.2, 0.25) is 0 Å². The molecular formula is C17H13F4N5O. The van der Waals surface area contributed by atoms with Crippen LogP contribution in [0, 0.1) is 5.82 Å². The summed E-state index contributed by atoms with van der Waals surface area (Å²) in [6.07, 6.45) is -2.04. The summed E-state index contributed by atoms with van der Waals surface area (Å²) in [7, 11) is 0. The summed E-state index contributed by atoms with van der Waals surface area (Å²) >= 11 is 0. The van der Waals surface area contributed by atoms with Crippen LogP contribution in [0.1, 0.15) is 5.56 Å². The molecule has 0 radical (unpaired) electrons. The molecule has 0 unspecified atom stereocenters. The molecule has 0 spiro atoms. The van der Waals surface area contributed by atoms with Crippen LogP contribution in [0.5, 0.6) is 0 Å². The molecule has 1 aromatic heterocycles. The van der Waals surface area contributed by atoms with E-state index >= 15 is 0 Å². The van der Waals surface area contributed by atoms with Crippen LogP contribution in [0.3, 0.4) is 0 Å². The Kier molecular flexibility index (Phi) is 5.06. The Morgan fingerprint density at radius 1 is 1.11 bits per heavy atom. The van der Waals surface area contributed by atoms with Gasteiger partial charge < -0.3 is 10.6 Å². The van der Waals surface area contributed by atoms with Gasteiger partial charge in [0.2, 0.25) is 5.91 Å². The number of aromatic nitrogens is 3. The predicted molar refractivity (Wildman–Crippen MR) is 89.9 cm³/mol. The molecule has 10 heteroatoms. The van der Waals surface area contributed by atoms with Crippen LogP contribution in [0.25, 0.3) is 5.69 Å². The summed E-state index contributed by atoms with van der Waals surface area (Å²) in [5.74, 6) is -1.01. The maximum atomic E-state index is 13.0. The molecule has 2 N–H and O–H groups in total. The lowest BCUT2D eigenvalue weighted by molar-refractivity contribution is -0.137. The minimum Gasteiger partial charge on any atom is -0.376 e. The van der Waals surface area contributed by atoms with Gasteiger partial charge in [-0.3, -0.25) is 4.79 Å². The lowest BCUT2D eigenvalue weighted by Crippen LogP contribution is -2.23. The topological polar surface area (TPSA) is 71.8 Å². The summed E-state index contributed by atoms with van der Waals surface area (Å²) in [6.45, 7) is -0.224. The van der Waals surface area contributed by atoms with Gasteiger partial charge in [-0.05, 0) is 42.5 Å². The van der Waals surface area contributed by atoms with Crippen LogP contribution in [0.15, 0.2) is 55.1 Å². The van der Waals surface area contributed by atoms with Gasteiger partial charge in [0.15, 0.2) is 0 Å². The zero-order chi connectivity index (χ0) is 19.4. The Labute approximate surface area is 150 Å². The first-order chi connectivity index (χ1) is 12.8. The number of benzene rings is 2. The quantitative estimate of drug-likeness (QED) is 0.666. The standard InChI is InChI=1S/C17H13F4N5O/c18-12-2-4-13(5-3-12)23-8-16(27)25-14-7-11(17(19,20)21)1-6-15(14)26-10-22-9-24-26/h1-7,9-10,23H,8H2,(H,25,27). The second kappa shape index (κ2) is 7.44. The number of nitrogens with one attached hydrogen (secondary N) is 2. The molecule has 0 saturated carbocycles. The van der Waals surface area contributed by atoms with Crippen molar-refractivity contribution in [2.45, 2.75) is 6.18 Å². The molecule has 3 aromatic rings. The lowest BCUT2D eigenvalue weighted by Gasteiger charge is -2.15. The normalized spacial score (nSPS) is 11.3. The van der Waals surface area contributed by atoms with Crippen LogP contribution in [0.4, 0.5) is 28.9 Å². The van der Waals surface area contributed by atoms with Crippen molar-refractivity contribution in [2.75, 3.05) is 17.2 Å². The van der Waals surface area contributed by atoms with E-state index < -0.39 is 23.5 Å². The van der Waals surface area contributed by atoms with E-state index in [2.05, 4.69) is 20.7 Å². The molecule has 27 heavy (non-hydrogen) atoms. The Morgan fingerprint density at radius 3 is 2.48 bits per heavy atom. The van der Waals surface area contributed by atoms with Gasteiger partial charge in [0.05, 0.1) is 23.5 Å². The van der Waals surface area contributed by atoms with Gasteiger partial charge in [-0.15, -0.1) is 0 Å². The SMILES string of the molecule is O=C(CNc1ccc(F)cc1)Nc1cc(C(F)(F)F)ccc1-n1cncn1. The fourth-order valence-electron chi connectivity index (χ4n) is 2.29. The van der Waals surface area contributed by atoms with Crippen molar-refractivity contribution in [3.8, 4) is 5.69 Å². The number of carbonyl (C=O) groups is 1. The van der Waals surface area contributed by atoms with Crippen molar-refractivity contribution < 1.29 is 22.4 Å². The minimum atomic E-state index is -4.56. The van der Waals surface area contributed by atoms with E-state index in [1.165, 1.54) is 47.7 Å². The van der Waals surface area contributed by atoms with Crippen molar-refractivity contribution in [2.24, 2.45) is 0 Å². The first-order valence-electron chi connectivity index (χ1n) is 7.68. The summed E-state index contributed by atoms with van der Waals surface area (Å²) < 4.78 is 53.1. The average molecular weight is 379 g/mol. The summed E-state index contributed by atoms with van der Waals surface area (Å²) in [4.78, 5) is 15.9. The highest BCUT2D eigenvalue weighted by molar-refractivity contribution is 5.95. The van der Waals surface area contributed by atoms with Crippen molar-refractivity contribution in [1.82, 2.24) is 14.8 Å². The van der Waals surface area contributed by atoms with Gasteiger partial charge in [-0.25, -0.2) is 14.1 Å². The molecule has 0 aliphatic heterocycles. The van der Waals surface area contributed by atoms with E-state index in [9.17, 15) is 22.4 Å². The number of carbonyl (C=O) groups excluding carboxylic acids is 1. The van der Waals surface area contributed by atoms with E-state index in [-0.39, 0.29) is 17.9 Å². The van der Waals surface area contributed by atoms with Crippen LogP contribution in [-0.2, 0) is 11.0 Å². The molecule has 3 rings (SSSR count). The Balaban J connectivity index is 1.79. The van der Waals surface area contributed by atoms with Crippen LogP contribution < -0.4 is 10.6 Å². The monoisotopic (exact) mass is 379 g/mol. The number of hydrogen-bond acceptors (Lipinski definition) is 4.